The molecule has 104 valence electrons. The van der Waals surface area contributed by atoms with Gasteiger partial charge >= 0.3 is 0 Å². The van der Waals surface area contributed by atoms with Gasteiger partial charge in [-0.3, -0.25) is 0 Å². The van der Waals surface area contributed by atoms with Gasteiger partial charge in [-0.25, -0.2) is 4.68 Å². The van der Waals surface area contributed by atoms with Crippen molar-refractivity contribution in [3.05, 3.63) is 5.82 Å². The van der Waals surface area contributed by atoms with Crippen molar-refractivity contribution >= 4 is 0 Å². The van der Waals surface area contributed by atoms with Gasteiger partial charge in [0.15, 0.2) is 5.82 Å². The van der Waals surface area contributed by atoms with E-state index in [1.54, 1.807) is 0 Å². The first-order valence-electron chi connectivity index (χ1n) is 7.27. The molecule has 0 radical (unpaired) electrons. The SMILES string of the molecule is CCCCCCCCCCn1nnnc1C(C)N. The van der Waals surface area contributed by atoms with Gasteiger partial charge < -0.3 is 5.73 Å². The van der Waals surface area contributed by atoms with Gasteiger partial charge in [0.05, 0.1) is 6.04 Å². The molecule has 0 aromatic carbocycles. The lowest BCUT2D eigenvalue weighted by Crippen LogP contribution is -2.14. The van der Waals surface area contributed by atoms with Crippen molar-refractivity contribution in [3.8, 4) is 0 Å². The molecule has 0 aliphatic heterocycles. The van der Waals surface area contributed by atoms with Crippen molar-refractivity contribution in [2.45, 2.75) is 77.8 Å². The molecular weight excluding hydrogens is 226 g/mol. The summed E-state index contributed by atoms with van der Waals surface area (Å²) in [5, 5.41) is 11.6. The summed E-state index contributed by atoms with van der Waals surface area (Å²) in [6.45, 7) is 5.05. The zero-order valence-corrected chi connectivity index (χ0v) is 11.8. The topological polar surface area (TPSA) is 69.6 Å². The first-order valence-corrected chi connectivity index (χ1v) is 7.27. The van der Waals surface area contributed by atoms with E-state index in [-0.39, 0.29) is 6.04 Å². The smallest absolute Gasteiger partial charge is 0.167 e. The number of nitrogens with two attached hydrogens (primary N) is 1. The van der Waals surface area contributed by atoms with E-state index >= 15 is 0 Å². The lowest BCUT2D eigenvalue weighted by molar-refractivity contribution is 0.489. The number of aryl methyl sites for hydroxylation is 1. The lowest BCUT2D eigenvalue weighted by atomic mass is 10.1. The van der Waals surface area contributed by atoms with Gasteiger partial charge in [0.25, 0.3) is 0 Å². The van der Waals surface area contributed by atoms with E-state index < -0.39 is 0 Å². The normalized spacial score (nSPS) is 12.8. The molecule has 1 rings (SSSR count). The Morgan fingerprint density at radius 1 is 1.06 bits per heavy atom. The molecule has 18 heavy (non-hydrogen) atoms. The average molecular weight is 253 g/mol. The number of unbranched alkanes of at least 4 members (excludes halogenated alkanes) is 7. The number of nitrogens with zero attached hydrogens (tertiary/aromatic N) is 4. The third-order valence-corrected chi connectivity index (χ3v) is 3.19. The van der Waals surface area contributed by atoms with Gasteiger partial charge in [0.1, 0.15) is 0 Å². The fourth-order valence-electron chi connectivity index (χ4n) is 2.09. The Morgan fingerprint density at radius 2 is 1.67 bits per heavy atom. The number of hydrogen-bond donors (Lipinski definition) is 1. The number of rotatable bonds is 10. The van der Waals surface area contributed by atoms with Gasteiger partial charge in [-0.05, 0) is 23.8 Å². The summed E-state index contributed by atoms with van der Waals surface area (Å²) in [5.74, 6) is 0.790. The Bertz CT molecular complexity index is 308. The molecule has 0 saturated heterocycles. The summed E-state index contributed by atoms with van der Waals surface area (Å²) in [4.78, 5) is 0. The van der Waals surface area contributed by atoms with Crippen molar-refractivity contribution in [1.82, 2.24) is 20.2 Å². The van der Waals surface area contributed by atoms with Crippen LogP contribution in [0.3, 0.4) is 0 Å². The van der Waals surface area contributed by atoms with Crippen LogP contribution in [0, 0.1) is 0 Å². The Morgan fingerprint density at radius 3 is 2.28 bits per heavy atom. The summed E-state index contributed by atoms with van der Waals surface area (Å²) >= 11 is 0. The van der Waals surface area contributed by atoms with Crippen LogP contribution in [0.1, 0.15) is 77.1 Å². The second-order valence-electron chi connectivity index (χ2n) is 5.02. The fourth-order valence-corrected chi connectivity index (χ4v) is 2.09. The van der Waals surface area contributed by atoms with Crippen molar-refractivity contribution in [2.24, 2.45) is 5.73 Å². The maximum atomic E-state index is 5.79. The highest BCUT2D eigenvalue weighted by molar-refractivity contribution is 4.87. The summed E-state index contributed by atoms with van der Waals surface area (Å²) in [7, 11) is 0. The van der Waals surface area contributed by atoms with Crippen LogP contribution in [0.25, 0.3) is 0 Å². The lowest BCUT2D eigenvalue weighted by Gasteiger charge is -2.06. The fraction of sp³-hybridized carbons (Fsp3) is 0.923. The van der Waals surface area contributed by atoms with Crippen molar-refractivity contribution in [3.63, 3.8) is 0 Å². The zero-order chi connectivity index (χ0) is 13.2. The number of tetrazole rings is 1. The molecule has 0 amide bonds. The highest BCUT2D eigenvalue weighted by atomic mass is 15.5. The minimum atomic E-state index is -0.0888. The third kappa shape index (κ3) is 5.58. The molecule has 0 bridgehead atoms. The largest absolute Gasteiger partial charge is 0.322 e. The van der Waals surface area contributed by atoms with Crippen LogP contribution in [0.2, 0.25) is 0 Å². The van der Waals surface area contributed by atoms with Crippen LogP contribution in [0.4, 0.5) is 0 Å². The van der Waals surface area contributed by atoms with Crippen LogP contribution in [-0.2, 0) is 6.54 Å². The molecule has 1 aromatic rings. The van der Waals surface area contributed by atoms with Gasteiger partial charge in [0.2, 0.25) is 0 Å². The third-order valence-electron chi connectivity index (χ3n) is 3.19. The van der Waals surface area contributed by atoms with E-state index in [4.69, 9.17) is 5.73 Å². The average Bonchev–Trinajstić information content (AvgIpc) is 2.81. The molecule has 5 heteroatoms. The zero-order valence-electron chi connectivity index (χ0n) is 11.8. The molecule has 0 spiro atoms. The van der Waals surface area contributed by atoms with Crippen LogP contribution < -0.4 is 5.73 Å². The maximum Gasteiger partial charge on any atom is 0.167 e. The Hall–Kier alpha value is -0.970. The van der Waals surface area contributed by atoms with E-state index in [2.05, 4.69) is 22.4 Å². The standard InChI is InChI=1S/C13H27N5/c1-3-4-5-6-7-8-9-10-11-18-13(12(2)14)15-16-17-18/h12H,3-11,14H2,1-2H3. The van der Waals surface area contributed by atoms with Crippen LogP contribution in [0.15, 0.2) is 0 Å². The van der Waals surface area contributed by atoms with Gasteiger partial charge in [-0.15, -0.1) is 5.10 Å². The van der Waals surface area contributed by atoms with Gasteiger partial charge in [-0.1, -0.05) is 51.9 Å². The molecule has 2 N–H and O–H groups in total. The monoisotopic (exact) mass is 253 g/mol. The number of aromatic nitrogens is 4. The Kier molecular flexibility index (Phi) is 7.57. The molecule has 5 nitrogen and oxygen atoms in total. The highest BCUT2D eigenvalue weighted by Gasteiger charge is 2.09. The van der Waals surface area contributed by atoms with E-state index in [0.29, 0.717) is 0 Å². The predicted molar refractivity (Wildman–Crippen MR) is 73.0 cm³/mol. The molecule has 0 fully saturated rings. The summed E-state index contributed by atoms with van der Waals surface area (Å²) in [6, 6.07) is -0.0888. The van der Waals surface area contributed by atoms with E-state index in [9.17, 15) is 0 Å². The van der Waals surface area contributed by atoms with Gasteiger partial charge in [-0.2, -0.15) is 0 Å². The highest BCUT2D eigenvalue weighted by Crippen LogP contribution is 2.10. The van der Waals surface area contributed by atoms with Gasteiger partial charge in [0, 0.05) is 6.54 Å². The van der Waals surface area contributed by atoms with Crippen LogP contribution in [0.5, 0.6) is 0 Å². The van der Waals surface area contributed by atoms with Crippen molar-refractivity contribution in [1.29, 1.82) is 0 Å². The minimum Gasteiger partial charge on any atom is -0.322 e. The Balaban J connectivity index is 2.05. The second-order valence-corrected chi connectivity index (χ2v) is 5.02. The molecule has 1 unspecified atom stereocenters. The summed E-state index contributed by atoms with van der Waals surface area (Å²) < 4.78 is 1.84. The first kappa shape index (κ1) is 15.1. The molecule has 0 aliphatic carbocycles. The van der Waals surface area contributed by atoms with E-state index in [1.165, 1.54) is 44.9 Å². The second kappa shape index (κ2) is 9.03. The molecule has 1 atom stereocenters. The number of hydrogen-bond acceptors (Lipinski definition) is 4. The first-order chi connectivity index (χ1) is 8.75. The van der Waals surface area contributed by atoms with Crippen LogP contribution >= 0.6 is 0 Å². The van der Waals surface area contributed by atoms with Crippen molar-refractivity contribution in [2.75, 3.05) is 0 Å². The predicted octanol–water partition coefficient (Wildman–Crippen LogP) is 2.83. The molecular formula is C13H27N5. The molecule has 1 aromatic heterocycles. The summed E-state index contributed by atoms with van der Waals surface area (Å²) in [6.07, 6.45) is 10.5. The van der Waals surface area contributed by atoms with Crippen LogP contribution in [-0.4, -0.2) is 20.2 Å². The molecule has 0 saturated carbocycles. The quantitative estimate of drug-likeness (QED) is 0.651. The summed E-state index contributed by atoms with van der Waals surface area (Å²) in [5.41, 5.74) is 5.79. The molecule has 1 heterocycles. The van der Waals surface area contributed by atoms with E-state index in [0.717, 1.165) is 18.8 Å². The Labute approximate surface area is 110 Å². The maximum absolute atomic E-state index is 5.79. The van der Waals surface area contributed by atoms with Crippen molar-refractivity contribution < 1.29 is 0 Å². The van der Waals surface area contributed by atoms with E-state index in [1.807, 2.05) is 11.6 Å². The molecule has 0 aliphatic rings. The minimum absolute atomic E-state index is 0.0888.